The van der Waals surface area contributed by atoms with Crippen LogP contribution in [0.25, 0.3) is 11.3 Å². The quantitative estimate of drug-likeness (QED) is 0.504. The number of amides is 1. The zero-order valence-corrected chi connectivity index (χ0v) is 19.0. The van der Waals surface area contributed by atoms with Crippen molar-refractivity contribution >= 4 is 46.4 Å². The van der Waals surface area contributed by atoms with E-state index in [1.165, 1.54) is 0 Å². The number of anilines is 1. The van der Waals surface area contributed by atoms with Crippen molar-refractivity contribution in [2.75, 3.05) is 18.1 Å². The fourth-order valence-corrected chi connectivity index (χ4v) is 4.43. The van der Waals surface area contributed by atoms with Gasteiger partial charge < -0.3 is 5.73 Å². The third kappa shape index (κ3) is 4.59. The average Bonchev–Trinajstić information content (AvgIpc) is 3.21. The number of benzene rings is 2. The van der Waals surface area contributed by atoms with Gasteiger partial charge in [0, 0.05) is 40.8 Å². The first-order valence-electron chi connectivity index (χ1n) is 10.1. The Kier molecular flexibility index (Phi) is 6.84. The van der Waals surface area contributed by atoms with Gasteiger partial charge in [0.25, 0.3) is 5.91 Å². The molecule has 3 N–H and O–H groups in total. The Bertz CT molecular complexity index is 1080. The third-order valence-electron chi connectivity index (χ3n) is 5.35. The maximum absolute atomic E-state index is 13.8. The van der Waals surface area contributed by atoms with E-state index in [0.717, 1.165) is 37.9 Å². The lowest BCUT2D eigenvalue weighted by atomic mass is 10.1. The molecule has 1 aliphatic rings. The normalized spacial score (nSPS) is 14.6. The fourth-order valence-electron chi connectivity index (χ4n) is 3.81. The van der Waals surface area contributed by atoms with Crippen LogP contribution in [0.3, 0.4) is 0 Å². The Labute approximate surface area is 195 Å². The SMILES string of the molecule is NCc1c(-c2ccc(Cl)cc2)n[nH]c1C(=O)N(c1ccc(Cl)cc1Cl)N1CCCCC1. The van der Waals surface area contributed by atoms with E-state index in [4.69, 9.17) is 40.5 Å². The van der Waals surface area contributed by atoms with Crippen LogP contribution in [0.15, 0.2) is 42.5 Å². The van der Waals surface area contributed by atoms with Crippen LogP contribution in [0.4, 0.5) is 5.69 Å². The van der Waals surface area contributed by atoms with E-state index >= 15 is 0 Å². The number of carbonyl (C=O) groups excluding carboxylic acids is 1. The highest BCUT2D eigenvalue weighted by Gasteiger charge is 2.31. The summed E-state index contributed by atoms with van der Waals surface area (Å²) in [5.74, 6) is -0.265. The van der Waals surface area contributed by atoms with E-state index in [1.54, 1.807) is 35.3 Å². The second-order valence-corrected chi connectivity index (χ2v) is 8.64. The molecule has 0 unspecified atom stereocenters. The number of piperidine rings is 1. The third-order valence-corrected chi connectivity index (χ3v) is 6.14. The summed E-state index contributed by atoms with van der Waals surface area (Å²) in [7, 11) is 0. The van der Waals surface area contributed by atoms with Crippen LogP contribution in [0.5, 0.6) is 0 Å². The van der Waals surface area contributed by atoms with Crippen molar-refractivity contribution in [1.82, 2.24) is 15.2 Å². The lowest BCUT2D eigenvalue weighted by molar-refractivity contribution is 0.0866. The summed E-state index contributed by atoms with van der Waals surface area (Å²) in [6.07, 6.45) is 3.13. The van der Waals surface area contributed by atoms with E-state index in [1.807, 2.05) is 17.1 Å². The number of hydrogen-bond acceptors (Lipinski definition) is 4. The van der Waals surface area contributed by atoms with E-state index in [2.05, 4.69) is 10.2 Å². The molecule has 1 aromatic heterocycles. The van der Waals surface area contributed by atoms with Gasteiger partial charge in [0.2, 0.25) is 0 Å². The number of hydrogen-bond donors (Lipinski definition) is 2. The van der Waals surface area contributed by atoms with Crippen LogP contribution in [0, 0.1) is 0 Å². The lowest BCUT2D eigenvalue weighted by Crippen LogP contribution is -2.49. The number of carbonyl (C=O) groups is 1. The molecule has 1 fully saturated rings. The summed E-state index contributed by atoms with van der Waals surface area (Å²) in [5.41, 5.74) is 9.06. The minimum atomic E-state index is -0.265. The summed E-state index contributed by atoms with van der Waals surface area (Å²) in [6.45, 7) is 1.65. The topological polar surface area (TPSA) is 78.2 Å². The predicted molar refractivity (Wildman–Crippen MR) is 126 cm³/mol. The predicted octanol–water partition coefficient (Wildman–Crippen LogP) is 5.54. The highest BCUT2D eigenvalue weighted by atomic mass is 35.5. The van der Waals surface area contributed by atoms with Crippen LogP contribution >= 0.6 is 34.8 Å². The minimum Gasteiger partial charge on any atom is -0.326 e. The molecule has 2 aromatic carbocycles. The Morgan fingerprint density at radius 1 is 1.03 bits per heavy atom. The first-order chi connectivity index (χ1) is 15.0. The van der Waals surface area contributed by atoms with Crippen molar-refractivity contribution in [1.29, 1.82) is 0 Å². The number of aromatic amines is 1. The van der Waals surface area contributed by atoms with E-state index < -0.39 is 0 Å². The number of H-pyrrole nitrogens is 1. The summed E-state index contributed by atoms with van der Waals surface area (Å²) < 4.78 is 0. The molecule has 31 heavy (non-hydrogen) atoms. The second-order valence-electron chi connectivity index (χ2n) is 7.36. The van der Waals surface area contributed by atoms with Crippen LogP contribution in [0.1, 0.15) is 35.3 Å². The van der Waals surface area contributed by atoms with Crippen LogP contribution in [-0.4, -0.2) is 34.2 Å². The zero-order chi connectivity index (χ0) is 22.0. The van der Waals surface area contributed by atoms with Crippen LogP contribution in [-0.2, 0) is 6.54 Å². The number of hydrazine groups is 1. The van der Waals surface area contributed by atoms with Gasteiger partial charge in [0.15, 0.2) is 0 Å². The number of nitrogens with two attached hydrogens (primary N) is 1. The van der Waals surface area contributed by atoms with Gasteiger partial charge in [-0.2, -0.15) is 5.10 Å². The summed E-state index contributed by atoms with van der Waals surface area (Å²) in [5, 5.41) is 12.5. The molecule has 0 aliphatic carbocycles. The van der Waals surface area contributed by atoms with Crippen molar-refractivity contribution in [2.24, 2.45) is 5.73 Å². The summed E-state index contributed by atoms with van der Waals surface area (Å²) >= 11 is 18.6. The number of rotatable bonds is 5. The Hall–Kier alpha value is -2.09. The first kappa shape index (κ1) is 22.1. The number of aromatic nitrogens is 2. The molecule has 0 bridgehead atoms. The van der Waals surface area contributed by atoms with E-state index in [0.29, 0.717) is 37.7 Å². The summed E-state index contributed by atoms with van der Waals surface area (Å²) in [4.78, 5) is 13.8. The van der Waals surface area contributed by atoms with Crippen molar-refractivity contribution in [3.05, 3.63) is 68.8 Å². The molecule has 0 atom stereocenters. The molecule has 2 heterocycles. The Balaban J connectivity index is 1.77. The van der Waals surface area contributed by atoms with Gasteiger partial charge >= 0.3 is 0 Å². The molecule has 0 radical (unpaired) electrons. The van der Waals surface area contributed by atoms with Gasteiger partial charge in [0.05, 0.1) is 16.4 Å². The van der Waals surface area contributed by atoms with Gasteiger partial charge in [-0.15, -0.1) is 0 Å². The zero-order valence-electron chi connectivity index (χ0n) is 16.7. The Morgan fingerprint density at radius 3 is 2.35 bits per heavy atom. The maximum atomic E-state index is 13.8. The van der Waals surface area contributed by atoms with Crippen molar-refractivity contribution in [3.63, 3.8) is 0 Å². The van der Waals surface area contributed by atoms with Gasteiger partial charge in [-0.1, -0.05) is 53.4 Å². The molecular weight excluding hydrogens is 457 g/mol. The van der Waals surface area contributed by atoms with Crippen molar-refractivity contribution < 1.29 is 4.79 Å². The molecule has 0 spiro atoms. The van der Waals surface area contributed by atoms with E-state index in [-0.39, 0.29) is 12.5 Å². The van der Waals surface area contributed by atoms with Gasteiger partial charge in [-0.25, -0.2) is 10.0 Å². The number of halogens is 3. The molecule has 1 amide bonds. The smallest absolute Gasteiger partial charge is 0.291 e. The second kappa shape index (κ2) is 9.59. The molecule has 3 aromatic rings. The minimum absolute atomic E-state index is 0.151. The number of nitrogens with one attached hydrogen (secondary N) is 1. The molecular formula is C22H22Cl3N5O. The van der Waals surface area contributed by atoms with Crippen molar-refractivity contribution in [2.45, 2.75) is 25.8 Å². The summed E-state index contributed by atoms with van der Waals surface area (Å²) in [6, 6.07) is 12.4. The molecule has 0 saturated carbocycles. The Morgan fingerprint density at radius 2 is 1.71 bits per heavy atom. The highest BCUT2D eigenvalue weighted by molar-refractivity contribution is 6.37. The first-order valence-corrected chi connectivity index (χ1v) is 11.2. The van der Waals surface area contributed by atoms with Gasteiger partial charge in [0.1, 0.15) is 5.69 Å². The van der Waals surface area contributed by atoms with Gasteiger partial charge in [-0.3, -0.25) is 9.89 Å². The highest BCUT2D eigenvalue weighted by Crippen LogP contribution is 2.33. The lowest BCUT2D eigenvalue weighted by Gasteiger charge is -2.37. The van der Waals surface area contributed by atoms with E-state index in [9.17, 15) is 4.79 Å². The number of nitrogens with zero attached hydrogens (tertiary/aromatic N) is 3. The average molecular weight is 479 g/mol. The van der Waals surface area contributed by atoms with Crippen molar-refractivity contribution in [3.8, 4) is 11.3 Å². The molecule has 6 nitrogen and oxygen atoms in total. The largest absolute Gasteiger partial charge is 0.326 e. The molecule has 1 saturated heterocycles. The molecule has 162 valence electrons. The fraction of sp³-hybridized carbons (Fsp3) is 0.273. The van der Waals surface area contributed by atoms with Crippen LogP contribution in [0.2, 0.25) is 15.1 Å². The molecule has 4 rings (SSSR count). The molecule has 1 aliphatic heterocycles. The monoisotopic (exact) mass is 477 g/mol. The van der Waals surface area contributed by atoms with Gasteiger partial charge in [-0.05, 0) is 43.2 Å². The maximum Gasteiger partial charge on any atom is 0.291 e. The molecule has 9 heteroatoms. The standard InChI is InChI=1S/C22H22Cl3N5O/c23-15-6-4-14(5-7-15)20-17(13-26)21(28-27-20)22(31)30(29-10-2-1-3-11-29)19-9-8-16(24)12-18(19)25/h4-9,12H,1-3,10-11,13,26H2,(H,27,28). The van der Waals surface area contributed by atoms with Crippen LogP contribution < -0.4 is 10.7 Å².